The molecule has 0 bridgehead atoms. The van der Waals surface area contributed by atoms with Crippen molar-refractivity contribution >= 4 is 28.6 Å². The van der Waals surface area contributed by atoms with E-state index in [4.69, 9.17) is 10.5 Å². The lowest BCUT2D eigenvalue weighted by Gasteiger charge is -2.12. The number of nitrogen functional groups attached to an aromatic ring is 1. The number of hydrogen-bond donors (Lipinski definition) is 1. The highest BCUT2D eigenvalue weighted by molar-refractivity contribution is 7.99. The van der Waals surface area contributed by atoms with Crippen molar-refractivity contribution in [1.82, 2.24) is 19.4 Å². The molecule has 1 aromatic carbocycles. The largest absolute Gasteiger partial charge is 0.382 e. The molecule has 0 radical (unpaired) electrons. The second-order valence-electron chi connectivity index (χ2n) is 6.82. The first-order chi connectivity index (χ1) is 12.9. The van der Waals surface area contributed by atoms with Gasteiger partial charge in [-0.25, -0.2) is 9.97 Å². The third-order valence-corrected chi connectivity index (χ3v) is 5.54. The Bertz CT molecular complexity index is 934. The Balaban J connectivity index is 1.99. The minimum absolute atomic E-state index is 0.462. The summed E-state index contributed by atoms with van der Waals surface area (Å²) < 4.78 is 7.62. The van der Waals surface area contributed by atoms with Gasteiger partial charge in [0.1, 0.15) is 17.9 Å². The average molecular weight is 386 g/mol. The number of aromatic nitrogens is 3. The molecule has 0 saturated carbocycles. The molecule has 0 unspecified atom stereocenters. The van der Waals surface area contributed by atoms with E-state index >= 15 is 0 Å². The highest BCUT2D eigenvalue weighted by Crippen LogP contribution is 2.37. The van der Waals surface area contributed by atoms with Gasteiger partial charge in [0.25, 0.3) is 0 Å². The Morgan fingerprint density at radius 2 is 1.89 bits per heavy atom. The maximum absolute atomic E-state index is 6.15. The minimum atomic E-state index is 0.462. The van der Waals surface area contributed by atoms with Crippen LogP contribution in [-0.2, 0) is 24.9 Å². The number of benzene rings is 1. The number of anilines is 1. The van der Waals surface area contributed by atoms with E-state index in [-0.39, 0.29) is 0 Å². The van der Waals surface area contributed by atoms with Gasteiger partial charge in [-0.05, 0) is 45.6 Å². The molecular formula is C20H27N5OS. The molecule has 0 saturated heterocycles. The number of nitrogens with two attached hydrogens (primary N) is 1. The lowest BCUT2D eigenvalue weighted by molar-refractivity contribution is 0.126. The Morgan fingerprint density at radius 1 is 1.19 bits per heavy atom. The van der Waals surface area contributed by atoms with Gasteiger partial charge in [-0.2, -0.15) is 0 Å². The molecule has 6 nitrogen and oxygen atoms in total. The number of hydrogen-bond acceptors (Lipinski definition) is 6. The molecule has 144 valence electrons. The Morgan fingerprint density at radius 3 is 2.52 bits per heavy atom. The maximum atomic E-state index is 6.15. The first-order valence-electron chi connectivity index (χ1n) is 9.01. The molecule has 0 fully saturated rings. The van der Waals surface area contributed by atoms with Crippen LogP contribution in [0, 0.1) is 6.92 Å². The van der Waals surface area contributed by atoms with Gasteiger partial charge in [-0.1, -0.05) is 23.9 Å². The van der Waals surface area contributed by atoms with Crippen LogP contribution in [-0.4, -0.2) is 40.1 Å². The van der Waals surface area contributed by atoms with Crippen molar-refractivity contribution in [1.29, 1.82) is 0 Å². The number of nitrogens with zero attached hydrogens (tertiary/aromatic N) is 4. The molecule has 0 aliphatic rings. The summed E-state index contributed by atoms with van der Waals surface area (Å²) in [4.78, 5) is 13.6. The zero-order chi connectivity index (χ0) is 19.6. The van der Waals surface area contributed by atoms with Crippen LogP contribution in [0.3, 0.4) is 0 Å². The van der Waals surface area contributed by atoms with Crippen LogP contribution in [0.4, 0.5) is 5.82 Å². The number of imidazole rings is 1. The first-order valence-corrected chi connectivity index (χ1v) is 9.83. The van der Waals surface area contributed by atoms with Crippen molar-refractivity contribution in [3.63, 3.8) is 0 Å². The predicted molar refractivity (Wildman–Crippen MR) is 111 cm³/mol. The zero-order valence-corrected chi connectivity index (χ0v) is 17.4. The normalized spacial score (nSPS) is 11.6. The lowest BCUT2D eigenvalue weighted by atomic mass is 10.2. The average Bonchev–Trinajstić information content (AvgIpc) is 2.95. The van der Waals surface area contributed by atoms with Crippen LogP contribution in [0.1, 0.15) is 24.0 Å². The van der Waals surface area contributed by atoms with E-state index in [1.165, 1.54) is 10.5 Å². The van der Waals surface area contributed by atoms with Gasteiger partial charge in [0, 0.05) is 25.1 Å². The van der Waals surface area contributed by atoms with Crippen molar-refractivity contribution in [2.45, 2.75) is 36.8 Å². The molecule has 3 aromatic rings. The summed E-state index contributed by atoms with van der Waals surface area (Å²) in [6.07, 6.45) is 0. The van der Waals surface area contributed by atoms with Gasteiger partial charge >= 0.3 is 0 Å². The van der Waals surface area contributed by atoms with Crippen LogP contribution in [0.15, 0.2) is 34.1 Å². The molecule has 0 aliphatic carbocycles. The molecule has 0 atom stereocenters. The van der Waals surface area contributed by atoms with Crippen molar-refractivity contribution in [3.8, 4) is 0 Å². The zero-order valence-electron chi connectivity index (χ0n) is 16.6. The molecule has 3 rings (SSSR count). The fourth-order valence-electron chi connectivity index (χ4n) is 3.03. The minimum Gasteiger partial charge on any atom is -0.382 e. The summed E-state index contributed by atoms with van der Waals surface area (Å²) in [6, 6.07) is 8.65. The van der Waals surface area contributed by atoms with Crippen molar-refractivity contribution < 1.29 is 4.74 Å². The molecule has 0 spiro atoms. The molecule has 2 heterocycles. The van der Waals surface area contributed by atoms with E-state index in [0.717, 1.165) is 34.0 Å². The van der Waals surface area contributed by atoms with Crippen LogP contribution in [0.2, 0.25) is 0 Å². The molecule has 0 amide bonds. The SMILES string of the molecule is CCOCc1nc2c(N)nc(C)c(Sc3ccc(CN(C)C)cc3)c2n1C. The topological polar surface area (TPSA) is 69.2 Å². The third-order valence-electron chi connectivity index (χ3n) is 4.34. The second kappa shape index (κ2) is 8.29. The van der Waals surface area contributed by atoms with Gasteiger partial charge in [-0.15, -0.1) is 0 Å². The van der Waals surface area contributed by atoms with Crippen LogP contribution in [0.5, 0.6) is 0 Å². The standard InChI is InChI=1S/C20H27N5OS/c1-6-26-12-16-23-17-18(25(16)5)19(13(2)22-20(17)21)27-15-9-7-14(8-10-15)11-24(3)4/h7-10H,6,11-12H2,1-5H3,(H2,21,22). The number of fused-ring (bicyclic) bond motifs is 1. The predicted octanol–water partition coefficient (Wildman–Crippen LogP) is 3.61. The fraction of sp³-hybridized carbons (Fsp3) is 0.400. The van der Waals surface area contributed by atoms with Crippen LogP contribution < -0.4 is 5.73 Å². The smallest absolute Gasteiger partial charge is 0.151 e. The number of pyridine rings is 1. The van der Waals surface area contributed by atoms with E-state index in [9.17, 15) is 0 Å². The van der Waals surface area contributed by atoms with E-state index in [1.807, 2.05) is 20.9 Å². The summed E-state index contributed by atoms with van der Waals surface area (Å²) in [5, 5.41) is 0. The molecule has 7 heteroatoms. The third kappa shape index (κ3) is 4.26. The summed E-state index contributed by atoms with van der Waals surface area (Å²) in [5.74, 6) is 1.32. The Labute approximate surface area is 164 Å². The molecule has 27 heavy (non-hydrogen) atoms. The summed E-state index contributed by atoms with van der Waals surface area (Å²) in [7, 11) is 6.16. The first kappa shape index (κ1) is 19.7. The van der Waals surface area contributed by atoms with E-state index in [2.05, 4.69) is 57.8 Å². The van der Waals surface area contributed by atoms with Gasteiger partial charge in [0.15, 0.2) is 5.82 Å². The molecule has 0 aliphatic heterocycles. The number of aryl methyl sites for hydroxylation is 2. The van der Waals surface area contributed by atoms with Crippen LogP contribution >= 0.6 is 11.8 Å². The summed E-state index contributed by atoms with van der Waals surface area (Å²) in [6.45, 7) is 6.01. The molecule has 2 aromatic heterocycles. The van der Waals surface area contributed by atoms with Crippen molar-refractivity contribution in [2.24, 2.45) is 7.05 Å². The van der Waals surface area contributed by atoms with Gasteiger partial charge in [-0.3, -0.25) is 0 Å². The Hall–Kier alpha value is -2.09. The van der Waals surface area contributed by atoms with E-state index < -0.39 is 0 Å². The fourth-order valence-corrected chi connectivity index (χ4v) is 4.06. The van der Waals surface area contributed by atoms with Crippen molar-refractivity contribution in [3.05, 3.63) is 41.3 Å². The van der Waals surface area contributed by atoms with Gasteiger partial charge < -0.3 is 19.9 Å². The lowest BCUT2D eigenvalue weighted by Crippen LogP contribution is -2.10. The quantitative estimate of drug-likeness (QED) is 0.670. The molecule has 2 N–H and O–H groups in total. The monoisotopic (exact) mass is 385 g/mol. The highest BCUT2D eigenvalue weighted by atomic mass is 32.2. The summed E-state index contributed by atoms with van der Waals surface area (Å²) in [5.41, 5.74) is 10.1. The van der Waals surface area contributed by atoms with Gasteiger partial charge in [0.05, 0.1) is 16.1 Å². The van der Waals surface area contributed by atoms with E-state index in [1.54, 1.807) is 11.8 Å². The van der Waals surface area contributed by atoms with E-state index in [0.29, 0.717) is 19.0 Å². The number of ether oxygens (including phenoxy) is 1. The second-order valence-corrected chi connectivity index (χ2v) is 7.90. The number of rotatable bonds is 7. The maximum Gasteiger partial charge on any atom is 0.151 e. The van der Waals surface area contributed by atoms with Crippen molar-refractivity contribution in [2.75, 3.05) is 26.4 Å². The van der Waals surface area contributed by atoms with Crippen LogP contribution in [0.25, 0.3) is 11.0 Å². The molecular weight excluding hydrogens is 358 g/mol. The Kier molecular flexibility index (Phi) is 6.04. The summed E-state index contributed by atoms with van der Waals surface area (Å²) >= 11 is 1.70. The van der Waals surface area contributed by atoms with Gasteiger partial charge in [0.2, 0.25) is 0 Å². The highest BCUT2D eigenvalue weighted by Gasteiger charge is 2.18.